The zero-order chi connectivity index (χ0) is 9.68. The molecule has 2 nitrogen and oxygen atoms in total. The van der Waals surface area contributed by atoms with Crippen molar-refractivity contribution in [1.82, 2.24) is 5.32 Å². The Bertz CT molecular complexity index is 256. The van der Waals surface area contributed by atoms with Crippen LogP contribution >= 0.6 is 11.3 Å². The van der Waals surface area contributed by atoms with Gasteiger partial charge in [-0.05, 0) is 31.8 Å². The number of likely N-dealkylation sites (N-methyl/N-ethyl adjacent to an activating group) is 1. The van der Waals surface area contributed by atoms with Crippen LogP contribution in [0.15, 0.2) is 17.5 Å². The summed E-state index contributed by atoms with van der Waals surface area (Å²) in [7, 11) is 1.81. The summed E-state index contributed by atoms with van der Waals surface area (Å²) in [5.41, 5.74) is 0. The Balaban J connectivity index is 2.31. The maximum Gasteiger partial charge on any atom is 0.149 e. The highest BCUT2D eigenvalue weighted by Crippen LogP contribution is 2.11. The fourth-order valence-corrected chi connectivity index (χ4v) is 1.79. The van der Waals surface area contributed by atoms with Gasteiger partial charge in [-0.3, -0.25) is 4.79 Å². The second-order valence-electron chi connectivity index (χ2n) is 3.06. The van der Waals surface area contributed by atoms with E-state index in [1.807, 2.05) is 25.4 Å². The number of nitrogens with one attached hydrogen (secondary N) is 1. The van der Waals surface area contributed by atoms with Crippen molar-refractivity contribution in [3.8, 4) is 0 Å². The molecule has 1 unspecified atom stereocenters. The van der Waals surface area contributed by atoms with E-state index in [9.17, 15) is 4.79 Å². The minimum atomic E-state index is -0.0139. The van der Waals surface area contributed by atoms with E-state index in [1.165, 1.54) is 4.88 Å². The molecule has 0 spiro atoms. The van der Waals surface area contributed by atoms with Crippen LogP contribution in [0, 0.1) is 0 Å². The monoisotopic (exact) mass is 197 g/mol. The predicted molar refractivity (Wildman–Crippen MR) is 56.2 cm³/mol. The molecule has 1 aromatic rings. The highest BCUT2D eigenvalue weighted by atomic mass is 32.1. The summed E-state index contributed by atoms with van der Waals surface area (Å²) in [4.78, 5) is 12.7. The summed E-state index contributed by atoms with van der Waals surface area (Å²) in [6.45, 7) is 1.90. The molecule has 0 aliphatic rings. The van der Waals surface area contributed by atoms with Crippen LogP contribution in [-0.2, 0) is 11.2 Å². The molecular weight excluding hydrogens is 182 g/mol. The number of Topliss-reactive ketones (excluding diaryl/α,β-unsaturated/α-hetero) is 1. The van der Waals surface area contributed by atoms with Crippen LogP contribution in [0.4, 0.5) is 0 Å². The van der Waals surface area contributed by atoms with Crippen LogP contribution in [0.3, 0.4) is 0 Å². The highest BCUT2D eigenvalue weighted by Gasteiger charge is 2.09. The molecule has 1 atom stereocenters. The molecule has 3 heteroatoms. The van der Waals surface area contributed by atoms with E-state index < -0.39 is 0 Å². The third-order valence-electron chi connectivity index (χ3n) is 2.11. The van der Waals surface area contributed by atoms with Crippen LogP contribution < -0.4 is 5.32 Å². The molecule has 1 heterocycles. The number of carbonyl (C=O) groups excluding carboxylic acids is 1. The number of carbonyl (C=O) groups is 1. The Morgan fingerprint density at radius 2 is 2.46 bits per heavy atom. The van der Waals surface area contributed by atoms with E-state index in [0.29, 0.717) is 6.42 Å². The largest absolute Gasteiger partial charge is 0.311 e. The summed E-state index contributed by atoms with van der Waals surface area (Å²) >= 11 is 1.71. The molecule has 13 heavy (non-hydrogen) atoms. The fourth-order valence-electron chi connectivity index (χ4n) is 1.08. The number of ketones is 1. The van der Waals surface area contributed by atoms with Crippen LogP contribution in [0.2, 0.25) is 0 Å². The molecular formula is C10H15NOS. The van der Waals surface area contributed by atoms with Gasteiger partial charge in [0.2, 0.25) is 0 Å². The number of thiophene rings is 1. The van der Waals surface area contributed by atoms with Crippen molar-refractivity contribution in [3.05, 3.63) is 22.4 Å². The Morgan fingerprint density at radius 1 is 1.69 bits per heavy atom. The van der Waals surface area contributed by atoms with E-state index >= 15 is 0 Å². The molecule has 0 amide bonds. The molecule has 0 aliphatic carbocycles. The zero-order valence-electron chi connectivity index (χ0n) is 8.04. The van der Waals surface area contributed by atoms with E-state index in [2.05, 4.69) is 11.4 Å². The lowest BCUT2D eigenvalue weighted by Crippen LogP contribution is -2.30. The van der Waals surface area contributed by atoms with Gasteiger partial charge in [0.1, 0.15) is 5.78 Å². The van der Waals surface area contributed by atoms with Crippen LogP contribution in [0.1, 0.15) is 18.2 Å². The van der Waals surface area contributed by atoms with Gasteiger partial charge < -0.3 is 5.32 Å². The molecule has 1 N–H and O–H groups in total. The first-order valence-corrected chi connectivity index (χ1v) is 5.34. The maximum atomic E-state index is 11.4. The van der Waals surface area contributed by atoms with Gasteiger partial charge in [-0.25, -0.2) is 0 Å². The molecule has 1 rings (SSSR count). The first-order valence-electron chi connectivity index (χ1n) is 4.46. The third-order valence-corrected chi connectivity index (χ3v) is 3.05. The number of aryl methyl sites for hydroxylation is 1. The first kappa shape index (κ1) is 10.4. The standard InChI is InChI=1S/C10H15NOS/c1-8(11-2)10(12)6-5-9-4-3-7-13-9/h3-4,7-8,11H,5-6H2,1-2H3. The third kappa shape index (κ3) is 3.28. The molecule has 0 bridgehead atoms. The summed E-state index contributed by atoms with van der Waals surface area (Å²) < 4.78 is 0. The minimum Gasteiger partial charge on any atom is -0.311 e. The predicted octanol–water partition coefficient (Wildman–Crippen LogP) is 1.86. The molecule has 0 saturated carbocycles. The average molecular weight is 197 g/mol. The molecule has 1 aromatic heterocycles. The Morgan fingerprint density at radius 3 is 3.00 bits per heavy atom. The summed E-state index contributed by atoms with van der Waals surface area (Å²) in [5, 5.41) is 4.99. The Hall–Kier alpha value is -0.670. The SMILES string of the molecule is CNC(C)C(=O)CCc1cccs1. The van der Waals surface area contributed by atoms with Gasteiger partial charge in [-0.2, -0.15) is 0 Å². The summed E-state index contributed by atoms with van der Waals surface area (Å²) in [5.74, 6) is 0.288. The fraction of sp³-hybridized carbons (Fsp3) is 0.500. The maximum absolute atomic E-state index is 11.4. The molecule has 0 radical (unpaired) electrons. The van der Waals surface area contributed by atoms with Gasteiger partial charge in [0, 0.05) is 11.3 Å². The second kappa shape index (κ2) is 5.14. The van der Waals surface area contributed by atoms with Gasteiger partial charge in [0.05, 0.1) is 6.04 Å². The zero-order valence-corrected chi connectivity index (χ0v) is 8.86. The second-order valence-corrected chi connectivity index (χ2v) is 4.09. The van der Waals surface area contributed by atoms with Crippen molar-refractivity contribution in [2.24, 2.45) is 0 Å². The van der Waals surface area contributed by atoms with Crippen molar-refractivity contribution in [2.45, 2.75) is 25.8 Å². The average Bonchev–Trinajstić information content (AvgIpc) is 2.65. The van der Waals surface area contributed by atoms with Crippen LogP contribution in [0.25, 0.3) is 0 Å². The van der Waals surface area contributed by atoms with Crippen molar-refractivity contribution in [1.29, 1.82) is 0 Å². The summed E-state index contributed by atoms with van der Waals surface area (Å²) in [6.07, 6.45) is 1.52. The first-order chi connectivity index (χ1) is 6.24. The lowest BCUT2D eigenvalue weighted by molar-refractivity contribution is -0.120. The Labute approximate surface area is 83.0 Å². The van der Waals surface area contributed by atoms with Gasteiger partial charge in [0.15, 0.2) is 0 Å². The molecule has 0 aromatic carbocycles. The molecule has 72 valence electrons. The quantitative estimate of drug-likeness (QED) is 0.780. The minimum absolute atomic E-state index is 0.0139. The lowest BCUT2D eigenvalue weighted by Gasteiger charge is -2.07. The van der Waals surface area contributed by atoms with Gasteiger partial charge in [-0.1, -0.05) is 6.07 Å². The van der Waals surface area contributed by atoms with Crippen LogP contribution in [0.5, 0.6) is 0 Å². The van der Waals surface area contributed by atoms with E-state index in [-0.39, 0.29) is 11.8 Å². The van der Waals surface area contributed by atoms with Crippen molar-refractivity contribution >= 4 is 17.1 Å². The molecule has 0 fully saturated rings. The summed E-state index contributed by atoms with van der Waals surface area (Å²) in [6, 6.07) is 4.08. The van der Waals surface area contributed by atoms with Crippen molar-refractivity contribution in [3.63, 3.8) is 0 Å². The molecule has 0 saturated heterocycles. The topological polar surface area (TPSA) is 29.1 Å². The van der Waals surface area contributed by atoms with E-state index in [0.717, 1.165) is 6.42 Å². The normalized spacial score (nSPS) is 12.8. The van der Waals surface area contributed by atoms with Crippen molar-refractivity contribution < 1.29 is 4.79 Å². The number of hydrogen-bond acceptors (Lipinski definition) is 3. The highest BCUT2D eigenvalue weighted by molar-refractivity contribution is 7.09. The Kier molecular flexibility index (Phi) is 4.12. The van der Waals surface area contributed by atoms with Crippen molar-refractivity contribution in [2.75, 3.05) is 7.05 Å². The smallest absolute Gasteiger partial charge is 0.149 e. The van der Waals surface area contributed by atoms with E-state index in [1.54, 1.807) is 11.3 Å². The molecule has 0 aliphatic heterocycles. The lowest BCUT2D eigenvalue weighted by atomic mass is 10.1. The number of rotatable bonds is 5. The van der Waals surface area contributed by atoms with Gasteiger partial charge in [0.25, 0.3) is 0 Å². The van der Waals surface area contributed by atoms with Gasteiger partial charge >= 0.3 is 0 Å². The van der Waals surface area contributed by atoms with Gasteiger partial charge in [-0.15, -0.1) is 11.3 Å². The van der Waals surface area contributed by atoms with Crippen LogP contribution in [-0.4, -0.2) is 18.9 Å². The van der Waals surface area contributed by atoms with E-state index in [4.69, 9.17) is 0 Å². The number of hydrogen-bond donors (Lipinski definition) is 1.